The second kappa shape index (κ2) is 11.4. The molecule has 5 nitrogen and oxygen atoms in total. The maximum atomic E-state index is 12.3. The average Bonchev–Trinajstić information content (AvgIpc) is 3.11. The first-order valence-electron chi connectivity index (χ1n) is 10.2. The van der Waals surface area contributed by atoms with Crippen molar-refractivity contribution in [2.45, 2.75) is 37.9 Å². The maximum absolute atomic E-state index is 12.3. The predicted octanol–water partition coefficient (Wildman–Crippen LogP) is 4.76. The molecule has 2 aromatic rings. The van der Waals surface area contributed by atoms with Crippen LogP contribution < -0.4 is 10.1 Å². The number of amidine groups is 1. The van der Waals surface area contributed by atoms with Gasteiger partial charge in [0, 0.05) is 5.56 Å². The van der Waals surface area contributed by atoms with Crippen molar-refractivity contribution in [1.82, 2.24) is 5.32 Å². The topological polar surface area (TPSA) is 63.1 Å². The lowest BCUT2D eigenvalue weighted by molar-refractivity contribution is -0.118. The molecule has 1 aliphatic heterocycles. The standard InChI is InChI=1S/C24H27N3O2S/c1-3-5-8-18-11-13-19(14-12-18)16-22-23(28)26-24(30-22)27-25-17-20-9-6-7-10-21(20)29-15-4-2/h4,6-7,9-14,17,22H,2-3,5,8,15-16H2,1H3,(H,26,27,28)/b25-17+. The molecule has 0 radical (unpaired) electrons. The lowest BCUT2D eigenvalue weighted by Gasteiger charge is -2.06. The number of hydrogen-bond donors (Lipinski definition) is 1. The fourth-order valence-electron chi connectivity index (χ4n) is 3.03. The van der Waals surface area contributed by atoms with Crippen LogP contribution in [0.3, 0.4) is 0 Å². The van der Waals surface area contributed by atoms with Crippen LogP contribution in [-0.4, -0.2) is 29.1 Å². The minimum Gasteiger partial charge on any atom is -0.489 e. The molecule has 1 unspecified atom stereocenters. The molecular weight excluding hydrogens is 394 g/mol. The third-order valence-corrected chi connectivity index (χ3v) is 5.73. The molecule has 156 valence electrons. The number of nitrogens with zero attached hydrogens (tertiary/aromatic N) is 2. The highest BCUT2D eigenvalue weighted by Gasteiger charge is 2.30. The van der Waals surface area contributed by atoms with Crippen molar-refractivity contribution in [2.24, 2.45) is 10.2 Å². The molecule has 0 saturated carbocycles. The fraction of sp³-hybridized carbons (Fsp3) is 0.292. The van der Waals surface area contributed by atoms with Gasteiger partial charge in [-0.3, -0.25) is 4.79 Å². The van der Waals surface area contributed by atoms with Gasteiger partial charge in [0.2, 0.25) is 5.91 Å². The largest absolute Gasteiger partial charge is 0.489 e. The number of ether oxygens (including phenoxy) is 1. The number of aryl methyl sites for hydroxylation is 1. The first-order valence-corrected chi connectivity index (χ1v) is 11.1. The fourth-order valence-corrected chi connectivity index (χ4v) is 4.00. The van der Waals surface area contributed by atoms with Gasteiger partial charge in [0.05, 0.1) is 11.5 Å². The first kappa shape index (κ1) is 21.8. The van der Waals surface area contributed by atoms with E-state index in [-0.39, 0.29) is 11.2 Å². The number of carbonyl (C=O) groups is 1. The number of hydrogen-bond acceptors (Lipinski definition) is 5. The Morgan fingerprint density at radius 2 is 1.93 bits per heavy atom. The van der Waals surface area contributed by atoms with Crippen LogP contribution in [0.2, 0.25) is 0 Å². The summed E-state index contributed by atoms with van der Waals surface area (Å²) in [6, 6.07) is 16.1. The molecule has 30 heavy (non-hydrogen) atoms. The van der Waals surface area contributed by atoms with Gasteiger partial charge in [-0.2, -0.15) is 5.10 Å². The van der Waals surface area contributed by atoms with E-state index in [1.54, 1.807) is 12.3 Å². The molecule has 1 N–H and O–H groups in total. The normalized spacial score (nSPS) is 17.4. The van der Waals surface area contributed by atoms with Crippen LogP contribution in [0.5, 0.6) is 5.75 Å². The number of para-hydroxylation sites is 1. The van der Waals surface area contributed by atoms with Gasteiger partial charge in [-0.1, -0.05) is 74.2 Å². The van der Waals surface area contributed by atoms with E-state index < -0.39 is 0 Å². The summed E-state index contributed by atoms with van der Waals surface area (Å²) in [5.74, 6) is 0.684. The van der Waals surface area contributed by atoms with Crippen LogP contribution in [0.4, 0.5) is 0 Å². The third kappa shape index (κ3) is 6.32. The lowest BCUT2D eigenvalue weighted by atomic mass is 10.0. The van der Waals surface area contributed by atoms with Crippen LogP contribution in [0.1, 0.15) is 36.5 Å². The Bertz CT molecular complexity index is 922. The van der Waals surface area contributed by atoms with Crippen LogP contribution in [0.15, 0.2) is 71.4 Å². The van der Waals surface area contributed by atoms with Crippen molar-refractivity contribution in [3.05, 3.63) is 77.9 Å². The molecule has 1 atom stereocenters. The molecule has 0 spiro atoms. The van der Waals surface area contributed by atoms with Crippen LogP contribution in [-0.2, 0) is 17.6 Å². The summed E-state index contributed by atoms with van der Waals surface area (Å²) >= 11 is 1.42. The minimum atomic E-state index is -0.191. The zero-order valence-electron chi connectivity index (χ0n) is 17.2. The first-order chi connectivity index (χ1) is 14.7. The van der Waals surface area contributed by atoms with E-state index in [1.165, 1.54) is 30.2 Å². The highest BCUT2D eigenvalue weighted by molar-refractivity contribution is 8.15. The summed E-state index contributed by atoms with van der Waals surface area (Å²) < 4.78 is 5.61. The van der Waals surface area contributed by atoms with Crippen molar-refractivity contribution >= 4 is 29.1 Å². The number of amides is 1. The second-order valence-electron chi connectivity index (χ2n) is 7.01. The molecule has 2 aromatic carbocycles. The van der Waals surface area contributed by atoms with E-state index in [9.17, 15) is 4.79 Å². The Labute approximate surface area is 182 Å². The second-order valence-corrected chi connectivity index (χ2v) is 8.20. The molecule has 1 aliphatic rings. The van der Waals surface area contributed by atoms with E-state index in [4.69, 9.17) is 4.74 Å². The highest BCUT2D eigenvalue weighted by atomic mass is 32.2. The summed E-state index contributed by atoms with van der Waals surface area (Å²) in [6.07, 6.45) is 7.49. The van der Waals surface area contributed by atoms with Crippen molar-refractivity contribution < 1.29 is 9.53 Å². The smallest absolute Gasteiger partial charge is 0.239 e. The van der Waals surface area contributed by atoms with E-state index in [0.29, 0.717) is 23.9 Å². The summed E-state index contributed by atoms with van der Waals surface area (Å²) in [5, 5.41) is 11.4. The Hall–Kier alpha value is -2.86. The number of carbonyl (C=O) groups excluding carboxylic acids is 1. The van der Waals surface area contributed by atoms with Gasteiger partial charge < -0.3 is 10.1 Å². The van der Waals surface area contributed by atoms with Gasteiger partial charge in [-0.05, 0) is 42.5 Å². The highest BCUT2D eigenvalue weighted by Crippen LogP contribution is 2.24. The monoisotopic (exact) mass is 421 g/mol. The zero-order chi connectivity index (χ0) is 21.2. The van der Waals surface area contributed by atoms with Crippen LogP contribution in [0, 0.1) is 0 Å². The van der Waals surface area contributed by atoms with E-state index in [2.05, 4.69) is 53.3 Å². The van der Waals surface area contributed by atoms with E-state index in [0.717, 1.165) is 17.5 Å². The van der Waals surface area contributed by atoms with Gasteiger partial charge >= 0.3 is 0 Å². The van der Waals surface area contributed by atoms with Gasteiger partial charge in [0.15, 0.2) is 5.17 Å². The quantitative estimate of drug-likeness (QED) is 0.342. The SMILES string of the molecule is C=CCOc1ccccc1/C=N/N=C1\NC(=O)C(Cc2ccc(CCCC)cc2)S1. The Kier molecular flexibility index (Phi) is 8.27. The van der Waals surface area contributed by atoms with E-state index >= 15 is 0 Å². The van der Waals surface area contributed by atoms with Crippen molar-refractivity contribution in [3.63, 3.8) is 0 Å². The van der Waals surface area contributed by atoms with Crippen molar-refractivity contribution in [2.75, 3.05) is 6.61 Å². The van der Waals surface area contributed by atoms with E-state index in [1.807, 2.05) is 24.3 Å². The Morgan fingerprint density at radius 3 is 2.70 bits per heavy atom. The number of thioether (sulfide) groups is 1. The molecule has 1 fully saturated rings. The summed E-state index contributed by atoms with van der Waals surface area (Å²) in [6.45, 7) is 6.28. The Morgan fingerprint density at radius 1 is 1.17 bits per heavy atom. The number of rotatable bonds is 10. The van der Waals surface area contributed by atoms with Gasteiger partial charge in [0.1, 0.15) is 12.4 Å². The molecular formula is C24H27N3O2S. The summed E-state index contributed by atoms with van der Waals surface area (Å²) in [7, 11) is 0. The number of unbranched alkanes of at least 4 members (excludes halogenated alkanes) is 1. The molecule has 0 bridgehead atoms. The molecule has 0 aliphatic carbocycles. The van der Waals surface area contributed by atoms with Crippen molar-refractivity contribution in [3.8, 4) is 5.75 Å². The molecule has 3 rings (SSSR count). The third-order valence-electron chi connectivity index (χ3n) is 4.66. The minimum absolute atomic E-state index is 0.0290. The average molecular weight is 422 g/mol. The van der Waals surface area contributed by atoms with Gasteiger partial charge in [-0.25, -0.2) is 0 Å². The zero-order valence-corrected chi connectivity index (χ0v) is 18.0. The lowest BCUT2D eigenvalue weighted by Crippen LogP contribution is -2.25. The molecule has 1 amide bonds. The number of nitrogens with one attached hydrogen (secondary N) is 1. The van der Waals surface area contributed by atoms with Gasteiger partial charge in [-0.15, -0.1) is 5.10 Å². The molecule has 6 heteroatoms. The van der Waals surface area contributed by atoms with Crippen molar-refractivity contribution in [1.29, 1.82) is 0 Å². The van der Waals surface area contributed by atoms with Crippen LogP contribution >= 0.6 is 11.8 Å². The molecule has 0 aromatic heterocycles. The number of benzene rings is 2. The van der Waals surface area contributed by atoms with Gasteiger partial charge in [0.25, 0.3) is 0 Å². The van der Waals surface area contributed by atoms with Crippen LogP contribution in [0.25, 0.3) is 0 Å². The Balaban J connectivity index is 1.58. The maximum Gasteiger partial charge on any atom is 0.239 e. The molecule has 1 saturated heterocycles. The summed E-state index contributed by atoms with van der Waals surface area (Å²) in [5.41, 5.74) is 3.32. The molecule has 1 heterocycles. The summed E-state index contributed by atoms with van der Waals surface area (Å²) in [4.78, 5) is 12.3. The predicted molar refractivity (Wildman–Crippen MR) is 125 cm³/mol.